The van der Waals surface area contributed by atoms with E-state index >= 15 is 0 Å². The molecule has 3 rings (SSSR count). The van der Waals surface area contributed by atoms with Crippen LogP contribution in [0.15, 0.2) is 42.5 Å². The molecule has 2 aromatic carbocycles. The minimum absolute atomic E-state index is 0.00992. The molecular formula is C33H41BrClF3N6O5. The number of ether oxygens (including phenoxy) is 3. The second-order valence-electron chi connectivity index (χ2n) is 12.8. The van der Waals surface area contributed by atoms with E-state index in [1.807, 2.05) is 13.8 Å². The average molecular weight is 774 g/mol. The lowest BCUT2D eigenvalue weighted by Gasteiger charge is -2.26. The lowest BCUT2D eigenvalue weighted by Crippen LogP contribution is -2.43. The zero-order valence-corrected chi connectivity index (χ0v) is 30.3. The van der Waals surface area contributed by atoms with E-state index in [1.54, 1.807) is 63.2 Å². The molecule has 1 heterocycles. The average Bonchev–Trinajstić information content (AvgIpc) is 3.01. The van der Waals surface area contributed by atoms with Crippen molar-refractivity contribution in [2.75, 3.05) is 37.0 Å². The van der Waals surface area contributed by atoms with Crippen LogP contribution in [0.4, 0.5) is 23.9 Å². The number of aromatic nitrogens is 3. The molecule has 0 spiro atoms. The summed E-state index contributed by atoms with van der Waals surface area (Å²) in [6, 6.07) is 11.4. The zero-order valence-electron chi connectivity index (χ0n) is 28.0. The van der Waals surface area contributed by atoms with Crippen molar-refractivity contribution >= 4 is 45.5 Å². The van der Waals surface area contributed by atoms with Gasteiger partial charge < -0.3 is 30.2 Å². The molecule has 0 aliphatic heterocycles. The number of carbonyl (C=O) groups excluding carboxylic acids is 2. The molecule has 0 atom stereocenters. The number of alkyl carbamates (subject to hydrolysis) is 1. The molecule has 268 valence electrons. The maximum atomic E-state index is 12.9. The summed E-state index contributed by atoms with van der Waals surface area (Å²) >= 11 is 9.69. The molecule has 3 N–H and O–H groups in total. The number of benzene rings is 2. The molecule has 2 amide bonds. The van der Waals surface area contributed by atoms with Crippen LogP contribution in [0.2, 0.25) is 5.02 Å². The summed E-state index contributed by atoms with van der Waals surface area (Å²) in [7, 11) is 0. The summed E-state index contributed by atoms with van der Waals surface area (Å²) in [6.07, 6.45) is -4.19. The monoisotopic (exact) mass is 772 g/mol. The van der Waals surface area contributed by atoms with Gasteiger partial charge in [0.05, 0.1) is 11.6 Å². The summed E-state index contributed by atoms with van der Waals surface area (Å²) in [6.45, 7) is 8.82. The van der Waals surface area contributed by atoms with E-state index in [9.17, 15) is 22.8 Å². The van der Waals surface area contributed by atoms with Crippen LogP contribution in [0.3, 0.4) is 0 Å². The second-order valence-corrected chi connectivity index (χ2v) is 14.0. The first-order valence-electron chi connectivity index (χ1n) is 15.4. The normalized spacial score (nSPS) is 11.9. The van der Waals surface area contributed by atoms with Crippen molar-refractivity contribution in [3.8, 4) is 11.8 Å². The molecule has 11 nitrogen and oxygen atoms in total. The number of carbonyl (C=O) groups is 2. The molecular weight excluding hydrogens is 733 g/mol. The highest BCUT2D eigenvalue weighted by molar-refractivity contribution is 9.09. The van der Waals surface area contributed by atoms with Crippen molar-refractivity contribution in [1.29, 1.82) is 0 Å². The van der Waals surface area contributed by atoms with Crippen molar-refractivity contribution < 1.29 is 37.0 Å². The number of nitrogens with zero attached hydrogens (tertiary/aromatic N) is 3. The van der Waals surface area contributed by atoms with Crippen LogP contribution in [0, 0.1) is 5.41 Å². The Morgan fingerprint density at radius 2 is 1.57 bits per heavy atom. The molecule has 16 heteroatoms. The van der Waals surface area contributed by atoms with E-state index in [-0.39, 0.29) is 43.7 Å². The minimum atomic E-state index is -4.59. The van der Waals surface area contributed by atoms with Crippen LogP contribution in [0.5, 0.6) is 11.8 Å². The highest BCUT2D eigenvalue weighted by atomic mass is 79.9. The number of hydrogen-bond donors (Lipinski definition) is 3. The predicted molar refractivity (Wildman–Crippen MR) is 184 cm³/mol. The fourth-order valence-corrected chi connectivity index (χ4v) is 4.51. The Morgan fingerprint density at radius 1 is 0.898 bits per heavy atom. The number of nitrogens with one attached hydrogen (secondary N) is 3. The number of halogens is 5. The van der Waals surface area contributed by atoms with E-state index in [0.717, 1.165) is 17.3 Å². The van der Waals surface area contributed by atoms with Crippen molar-refractivity contribution in [2.45, 2.75) is 65.8 Å². The molecule has 0 bridgehead atoms. The van der Waals surface area contributed by atoms with Gasteiger partial charge in [0.1, 0.15) is 17.2 Å². The van der Waals surface area contributed by atoms with E-state index < -0.39 is 35.9 Å². The third kappa shape index (κ3) is 15.1. The first-order chi connectivity index (χ1) is 22.9. The van der Waals surface area contributed by atoms with Gasteiger partial charge in [0.25, 0.3) is 5.91 Å². The molecule has 0 saturated carbocycles. The summed E-state index contributed by atoms with van der Waals surface area (Å²) in [5.74, 6) is 0.386. The largest absolute Gasteiger partial charge is 0.492 e. The van der Waals surface area contributed by atoms with Crippen molar-refractivity contribution in [1.82, 2.24) is 25.6 Å². The summed E-state index contributed by atoms with van der Waals surface area (Å²) in [4.78, 5) is 37.2. The Morgan fingerprint density at radius 3 is 2.20 bits per heavy atom. The standard InChI is InChI=1S/C33H41BrClF3N6O5/c1-31(2,3)49-30(46)41-19-32(4,5)18-40-27(45)23-10-7-21(8-11-23)16-26-42-28(44-29(43-26)48-20-33(36,37)38)39-17-22-9-12-25(24(35)15-22)47-14-6-13-34/h7-12,15H,6,13-14,16-20H2,1-5H3,(H,40,45)(H,41,46)(H,39,42,43,44). The van der Waals surface area contributed by atoms with Crippen molar-refractivity contribution in [3.05, 3.63) is 70.0 Å². The number of rotatable bonds is 16. The topological polar surface area (TPSA) is 137 Å². The van der Waals surface area contributed by atoms with Gasteiger partial charge in [-0.1, -0.05) is 59.6 Å². The van der Waals surface area contributed by atoms with Gasteiger partial charge in [0, 0.05) is 36.9 Å². The van der Waals surface area contributed by atoms with E-state index in [0.29, 0.717) is 28.5 Å². The third-order valence-electron chi connectivity index (χ3n) is 6.42. The Kier molecular flexibility index (Phi) is 14.3. The summed E-state index contributed by atoms with van der Waals surface area (Å²) in [5, 5.41) is 9.79. The lowest BCUT2D eigenvalue weighted by atomic mass is 9.93. The first kappa shape index (κ1) is 39.6. The highest BCUT2D eigenvalue weighted by Gasteiger charge is 2.29. The fraction of sp³-hybridized carbons (Fsp3) is 0.485. The quantitative estimate of drug-likeness (QED) is 0.103. The number of amides is 2. The van der Waals surface area contributed by atoms with Gasteiger partial charge in [-0.3, -0.25) is 4.79 Å². The Balaban J connectivity index is 1.64. The molecule has 1 aromatic heterocycles. The summed E-state index contributed by atoms with van der Waals surface area (Å²) in [5.41, 5.74) is 0.768. The molecule has 0 aliphatic rings. The Hall–Kier alpha value is -3.85. The van der Waals surface area contributed by atoms with Gasteiger partial charge in [-0.2, -0.15) is 28.1 Å². The van der Waals surface area contributed by atoms with Gasteiger partial charge in [0.15, 0.2) is 6.61 Å². The Bertz CT molecular complexity index is 1560. The van der Waals surface area contributed by atoms with Crippen molar-refractivity contribution in [2.24, 2.45) is 5.41 Å². The molecule has 0 unspecified atom stereocenters. The van der Waals surface area contributed by atoms with E-state index in [1.165, 1.54) is 0 Å². The smallest absolute Gasteiger partial charge is 0.422 e. The molecule has 0 aliphatic carbocycles. The van der Waals surface area contributed by atoms with Gasteiger partial charge in [-0.25, -0.2) is 4.79 Å². The van der Waals surface area contributed by atoms with Crippen molar-refractivity contribution in [3.63, 3.8) is 0 Å². The number of hydrogen-bond acceptors (Lipinski definition) is 9. The van der Waals surface area contributed by atoms with E-state index in [2.05, 4.69) is 46.8 Å². The first-order valence-corrected chi connectivity index (χ1v) is 16.9. The highest BCUT2D eigenvalue weighted by Crippen LogP contribution is 2.26. The number of alkyl halides is 4. The minimum Gasteiger partial charge on any atom is -0.492 e. The molecule has 0 radical (unpaired) electrons. The second kappa shape index (κ2) is 17.7. The molecule has 49 heavy (non-hydrogen) atoms. The lowest BCUT2D eigenvalue weighted by molar-refractivity contribution is -0.154. The van der Waals surface area contributed by atoms with Gasteiger partial charge in [-0.05, 0) is 68.0 Å². The van der Waals surface area contributed by atoms with Crippen LogP contribution in [0.25, 0.3) is 0 Å². The van der Waals surface area contributed by atoms with Gasteiger partial charge in [-0.15, -0.1) is 0 Å². The van der Waals surface area contributed by atoms with Crippen LogP contribution in [0.1, 0.15) is 68.3 Å². The molecule has 0 saturated heterocycles. The third-order valence-corrected chi connectivity index (χ3v) is 7.28. The van der Waals surface area contributed by atoms with Crippen LogP contribution in [-0.2, 0) is 17.7 Å². The van der Waals surface area contributed by atoms with E-state index in [4.69, 9.17) is 25.8 Å². The Labute approximate surface area is 297 Å². The predicted octanol–water partition coefficient (Wildman–Crippen LogP) is 7.11. The van der Waals surface area contributed by atoms with Crippen LogP contribution >= 0.6 is 27.5 Å². The molecule has 3 aromatic rings. The summed E-state index contributed by atoms with van der Waals surface area (Å²) < 4.78 is 54.4. The van der Waals surface area contributed by atoms with Gasteiger partial charge in [0.2, 0.25) is 5.95 Å². The van der Waals surface area contributed by atoms with Crippen LogP contribution < -0.4 is 25.4 Å². The number of anilines is 1. The fourth-order valence-electron chi connectivity index (χ4n) is 4.02. The zero-order chi connectivity index (χ0) is 36.2. The van der Waals surface area contributed by atoms with Gasteiger partial charge >= 0.3 is 18.3 Å². The maximum absolute atomic E-state index is 12.9. The maximum Gasteiger partial charge on any atom is 0.422 e. The SMILES string of the molecule is CC(C)(CNC(=O)OC(C)(C)C)CNC(=O)c1ccc(Cc2nc(NCc3ccc(OCCCBr)c(Cl)c3)nc(OCC(F)(F)F)n2)cc1. The molecule has 0 fully saturated rings. The van der Waals surface area contributed by atoms with Crippen LogP contribution in [-0.4, -0.2) is 70.4 Å².